The second kappa shape index (κ2) is 8.20. The zero-order chi connectivity index (χ0) is 20.2. The van der Waals surface area contributed by atoms with E-state index in [9.17, 15) is 14.0 Å². The Kier molecular flexibility index (Phi) is 5.91. The molecule has 2 saturated carbocycles. The minimum absolute atomic E-state index is 0.0267. The molecule has 3 N–H and O–H groups in total. The number of amides is 2. The van der Waals surface area contributed by atoms with Crippen molar-refractivity contribution in [1.82, 2.24) is 10.6 Å². The van der Waals surface area contributed by atoms with Gasteiger partial charge in [-0.25, -0.2) is 9.18 Å². The molecule has 0 radical (unpaired) electrons. The van der Waals surface area contributed by atoms with Gasteiger partial charge in [0.15, 0.2) is 0 Å². The Balaban J connectivity index is 1.65. The minimum Gasteiger partial charge on any atom is -0.489 e. The number of nitrogens with one attached hydrogen (secondary N) is 2. The van der Waals surface area contributed by atoms with Gasteiger partial charge >= 0.3 is 6.09 Å². The van der Waals surface area contributed by atoms with Crippen LogP contribution < -0.4 is 15.4 Å². The van der Waals surface area contributed by atoms with Crippen LogP contribution in [0.5, 0.6) is 5.75 Å². The first-order valence-electron chi connectivity index (χ1n) is 9.63. The van der Waals surface area contributed by atoms with E-state index in [2.05, 4.69) is 10.6 Å². The van der Waals surface area contributed by atoms with E-state index in [4.69, 9.17) is 9.84 Å². The number of carbonyl (C=O) groups excluding carboxylic acids is 1. The molecule has 7 heteroatoms. The van der Waals surface area contributed by atoms with Crippen molar-refractivity contribution in [2.75, 3.05) is 20.2 Å². The van der Waals surface area contributed by atoms with Crippen molar-refractivity contribution in [3.05, 3.63) is 41.7 Å². The number of benzene rings is 1. The fraction of sp³-hybridized carbons (Fsp3) is 0.524. The lowest BCUT2D eigenvalue weighted by molar-refractivity contribution is -0.131. The van der Waals surface area contributed by atoms with Gasteiger partial charge in [0.25, 0.3) is 0 Å². The van der Waals surface area contributed by atoms with Gasteiger partial charge in [0, 0.05) is 19.2 Å². The van der Waals surface area contributed by atoms with E-state index in [-0.39, 0.29) is 35.5 Å². The van der Waals surface area contributed by atoms with Crippen molar-refractivity contribution in [3.63, 3.8) is 0 Å². The molecule has 2 aliphatic carbocycles. The summed E-state index contributed by atoms with van der Waals surface area (Å²) in [6.07, 6.45) is 5.06. The van der Waals surface area contributed by atoms with Crippen molar-refractivity contribution < 1.29 is 23.8 Å². The Morgan fingerprint density at radius 3 is 2.61 bits per heavy atom. The third kappa shape index (κ3) is 3.98. The zero-order valence-corrected chi connectivity index (χ0v) is 16.1. The van der Waals surface area contributed by atoms with Crippen molar-refractivity contribution in [1.29, 1.82) is 0 Å². The van der Waals surface area contributed by atoms with Gasteiger partial charge in [-0.3, -0.25) is 4.79 Å². The van der Waals surface area contributed by atoms with Crippen molar-refractivity contribution in [2.24, 2.45) is 5.41 Å². The number of hydrogen-bond acceptors (Lipinski definition) is 3. The number of hydrogen-bond donors (Lipinski definition) is 3. The number of rotatable bonds is 7. The Labute approximate surface area is 164 Å². The summed E-state index contributed by atoms with van der Waals surface area (Å²) >= 11 is 0. The smallest absolute Gasteiger partial charge is 0.404 e. The van der Waals surface area contributed by atoms with Crippen molar-refractivity contribution >= 4 is 12.0 Å². The van der Waals surface area contributed by atoms with E-state index < -0.39 is 6.09 Å². The number of carbonyl (C=O) groups is 2. The average Bonchev–Trinajstić information content (AvgIpc) is 2.99. The summed E-state index contributed by atoms with van der Waals surface area (Å²) in [6, 6.07) is 7.79. The first-order chi connectivity index (χ1) is 13.4. The highest BCUT2D eigenvalue weighted by Gasteiger charge is 2.54. The zero-order valence-electron chi connectivity index (χ0n) is 16.1. The normalized spacial score (nSPS) is 26.6. The quantitative estimate of drug-likeness (QED) is 0.665. The molecule has 6 nitrogen and oxygen atoms in total. The van der Waals surface area contributed by atoms with Gasteiger partial charge in [-0.15, -0.1) is 0 Å². The molecule has 2 unspecified atom stereocenters. The van der Waals surface area contributed by atoms with Gasteiger partial charge in [-0.1, -0.05) is 18.6 Å². The first-order valence-corrected chi connectivity index (χ1v) is 9.63. The maximum Gasteiger partial charge on any atom is 0.404 e. The molecule has 2 bridgehead atoms. The summed E-state index contributed by atoms with van der Waals surface area (Å²) in [5.41, 5.74) is 1.24. The lowest BCUT2D eigenvalue weighted by Crippen LogP contribution is -2.41. The van der Waals surface area contributed by atoms with Gasteiger partial charge in [0.2, 0.25) is 5.91 Å². The number of carboxylic acid groups (broad SMARTS) is 1. The van der Waals surface area contributed by atoms with Crippen LogP contribution in [0.3, 0.4) is 0 Å². The molecule has 3 rings (SSSR count). The standard InChI is InChI=1S/C21H27FN2O4/c1-23-18(25)21-8-2-7-20(14-21,9-10-21)16-3-5-17(6-4-16)28-13-15(11-22)12-24-19(26)27/h3-6,11,24H,2,7-10,12-14H2,1H3,(H,23,25)(H,26,27)/b15-11+. The predicted molar refractivity (Wildman–Crippen MR) is 103 cm³/mol. The summed E-state index contributed by atoms with van der Waals surface area (Å²) in [5, 5.41) is 13.5. The molecule has 28 heavy (non-hydrogen) atoms. The molecular formula is C21H27FN2O4. The molecule has 2 atom stereocenters. The van der Waals surface area contributed by atoms with Crippen LogP contribution in [0.2, 0.25) is 0 Å². The van der Waals surface area contributed by atoms with Crippen LogP contribution in [-0.2, 0) is 10.2 Å². The molecule has 0 heterocycles. The minimum atomic E-state index is -1.21. The van der Waals surface area contributed by atoms with Gasteiger partial charge in [-0.05, 0) is 55.2 Å². The molecule has 0 spiro atoms. The monoisotopic (exact) mass is 390 g/mol. The Morgan fingerprint density at radius 1 is 1.21 bits per heavy atom. The number of fused-ring (bicyclic) bond motifs is 2. The van der Waals surface area contributed by atoms with Crippen LogP contribution in [0.25, 0.3) is 0 Å². The predicted octanol–water partition coefficient (Wildman–Crippen LogP) is 3.52. The molecule has 1 aromatic rings. The average molecular weight is 390 g/mol. The Bertz CT molecular complexity index is 764. The lowest BCUT2D eigenvalue weighted by Gasteiger charge is -2.39. The second-order valence-electron chi connectivity index (χ2n) is 7.91. The van der Waals surface area contributed by atoms with Crippen LogP contribution in [0.4, 0.5) is 9.18 Å². The molecule has 1 aromatic carbocycles. The fourth-order valence-corrected chi connectivity index (χ4v) is 4.85. The molecule has 0 aliphatic heterocycles. The van der Waals surface area contributed by atoms with E-state index in [1.165, 1.54) is 5.56 Å². The topological polar surface area (TPSA) is 87.7 Å². The molecule has 0 aromatic heterocycles. The van der Waals surface area contributed by atoms with Crippen LogP contribution in [-0.4, -0.2) is 37.3 Å². The van der Waals surface area contributed by atoms with Gasteiger partial charge < -0.3 is 20.5 Å². The second-order valence-corrected chi connectivity index (χ2v) is 7.91. The number of halogens is 1. The molecule has 0 saturated heterocycles. The maximum atomic E-state index is 12.8. The third-order valence-corrected chi connectivity index (χ3v) is 6.29. The Morgan fingerprint density at radius 2 is 1.96 bits per heavy atom. The van der Waals surface area contributed by atoms with E-state index in [0.29, 0.717) is 12.1 Å². The molecule has 2 fully saturated rings. The van der Waals surface area contributed by atoms with Gasteiger partial charge in [-0.2, -0.15) is 0 Å². The number of ether oxygens (including phenoxy) is 1. The summed E-state index contributed by atoms with van der Waals surface area (Å²) < 4.78 is 18.4. The highest BCUT2D eigenvalue weighted by molar-refractivity contribution is 5.83. The van der Waals surface area contributed by atoms with E-state index >= 15 is 0 Å². The van der Waals surface area contributed by atoms with Crippen LogP contribution in [0.1, 0.15) is 44.1 Å². The fourth-order valence-electron chi connectivity index (χ4n) is 4.85. The molecule has 152 valence electrons. The summed E-state index contributed by atoms with van der Waals surface area (Å²) in [7, 11) is 1.71. The summed E-state index contributed by atoms with van der Waals surface area (Å²) in [5.74, 6) is 0.760. The largest absolute Gasteiger partial charge is 0.489 e. The summed E-state index contributed by atoms with van der Waals surface area (Å²) in [6.45, 7) is -0.143. The van der Waals surface area contributed by atoms with Gasteiger partial charge in [0.1, 0.15) is 12.4 Å². The van der Waals surface area contributed by atoms with E-state index in [1.54, 1.807) is 7.05 Å². The molecule has 2 aliphatic rings. The van der Waals surface area contributed by atoms with Crippen LogP contribution in [0, 0.1) is 5.41 Å². The van der Waals surface area contributed by atoms with Crippen LogP contribution in [0.15, 0.2) is 36.2 Å². The lowest BCUT2D eigenvalue weighted by atomic mass is 9.66. The highest BCUT2D eigenvalue weighted by Crippen LogP contribution is 2.59. The first kappa shape index (κ1) is 20.2. The SMILES string of the molecule is CNC(=O)C12CCCC(c3ccc(OC/C(=C/F)CNC(=O)O)cc3)(CC1)C2. The van der Waals surface area contributed by atoms with E-state index in [0.717, 1.165) is 38.5 Å². The van der Waals surface area contributed by atoms with Crippen molar-refractivity contribution in [3.8, 4) is 5.75 Å². The van der Waals surface area contributed by atoms with Crippen molar-refractivity contribution in [2.45, 2.75) is 43.9 Å². The summed E-state index contributed by atoms with van der Waals surface area (Å²) in [4.78, 5) is 22.9. The maximum absolute atomic E-state index is 12.8. The molecular weight excluding hydrogens is 363 g/mol. The van der Waals surface area contributed by atoms with E-state index in [1.807, 2.05) is 24.3 Å². The molecule has 2 amide bonds. The highest BCUT2D eigenvalue weighted by atomic mass is 19.1. The van der Waals surface area contributed by atoms with Crippen LogP contribution >= 0.6 is 0 Å². The third-order valence-electron chi connectivity index (χ3n) is 6.29. The van der Waals surface area contributed by atoms with Gasteiger partial charge in [0.05, 0.1) is 11.7 Å². The Hall–Kier alpha value is -2.57.